The minimum absolute atomic E-state index is 0.494. The summed E-state index contributed by atoms with van der Waals surface area (Å²) in [6, 6.07) is 2.68. The molecular weight excluding hydrogens is 246 g/mol. The van der Waals surface area contributed by atoms with Crippen molar-refractivity contribution >= 4 is 5.82 Å². The third kappa shape index (κ3) is 5.12. The van der Waals surface area contributed by atoms with Gasteiger partial charge in [0.25, 0.3) is 0 Å². The number of aromatic nitrogens is 1. The largest absolute Gasteiger partial charge is 0.359 e. The van der Waals surface area contributed by atoms with Crippen LogP contribution in [0.1, 0.15) is 56.9 Å². The van der Waals surface area contributed by atoms with Gasteiger partial charge in [-0.15, -0.1) is 0 Å². The zero-order valence-electron chi connectivity index (χ0n) is 14.1. The highest BCUT2D eigenvalue weighted by molar-refractivity contribution is 5.51. The van der Waals surface area contributed by atoms with Crippen molar-refractivity contribution in [2.24, 2.45) is 0 Å². The van der Waals surface area contributed by atoms with Crippen LogP contribution in [0.2, 0.25) is 0 Å². The van der Waals surface area contributed by atoms with E-state index in [0.29, 0.717) is 6.04 Å². The van der Waals surface area contributed by atoms with Gasteiger partial charge in [0.1, 0.15) is 5.82 Å². The molecule has 0 aliphatic rings. The Kier molecular flexibility index (Phi) is 7.00. The number of nitrogens with one attached hydrogen (secondary N) is 1. The second kappa shape index (κ2) is 8.25. The Balaban J connectivity index is 2.90. The minimum Gasteiger partial charge on any atom is -0.359 e. The summed E-state index contributed by atoms with van der Waals surface area (Å²) in [4.78, 5) is 7.09. The molecule has 114 valence electrons. The van der Waals surface area contributed by atoms with Gasteiger partial charge in [-0.3, -0.25) is 0 Å². The Morgan fingerprint density at radius 1 is 1.25 bits per heavy atom. The molecule has 20 heavy (non-hydrogen) atoms. The lowest BCUT2D eigenvalue weighted by molar-refractivity contribution is 0.585. The molecule has 0 aliphatic carbocycles. The van der Waals surface area contributed by atoms with Crippen molar-refractivity contribution in [2.45, 2.75) is 66.5 Å². The molecule has 0 amide bonds. The summed E-state index contributed by atoms with van der Waals surface area (Å²) in [5.74, 6) is 1.15. The summed E-state index contributed by atoms with van der Waals surface area (Å²) in [5, 5.41) is 3.52. The number of aryl methyl sites for hydroxylation is 2. The van der Waals surface area contributed by atoms with Gasteiger partial charge in [-0.05, 0) is 31.9 Å². The summed E-state index contributed by atoms with van der Waals surface area (Å²) < 4.78 is 0. The molecule has 0 saturated carbocycles. The predicted molar refractivity (Wildman–Crippen MR) is 88.5 cm³/mol. The highest BCUT2D eigenvalue weighted by atomic mass is 15.2. The fraction of sp³-hybridized carbons (Fsp3) is 0.706. The monoisotopic (exact) mass is 277 g/mol. The van der Waals surface area contributed by atoms with E-state index in [-0.39, 0.29) is 0 Å². The molecule has 1 heterocycles. The summed E-state index contributed by atoms with van der Waals surface area (Å²) in [6.07, 6.45) is 3.78. The van der Waals surface area contributed by atoms with Crippen molar-refractivity contribution in [3.8, 4) is 0 Å². The van der Waals surface area contributed by atoms with Gasteiger partial charge < -0.3 is 10.2 Å². The average Bonchev–Trinajstić information content (AvgIpc) is 2.36. The van der Waals surface area contributed by atoms with Crippen molar-refractivity contribution in [3.05, 3.63) is 22.9 Å². The van der Waals surface area contributed by atoms with Gasteiger partial charge in [0, 0.05) is 37.4 Å². The third-order valence-corrected chi connectivity index (χ3v) is 3.60. The SMILES string of the molecule is CCCCCN(C)c1nc(C)cc(C)c1CNC(C)C. The smallest absolute Gasteiger partial charge is 0.133 e. The van der Waals surface area contributed by atoms with E-state index in [4.69, 9.17) is 4.98 Å². The number of rotatable bonds is 8. The van der Waals surface area contributed by atoms with Gasteiger partial charge in [-0.2, -0.15) is 0 Å². The van der Waals surface area contributed by atoms with E-state index in [9.17, 15) is 0 Å². The first-order valence-corrected chi connectivity index (χ1v) is 7.87. The zero-order valence-corrected chi connectivity index (χ0v) is 14.1. The molecule has 0 saturated heterocycles. The molecule has 0 bridgehead atoms. The van der Waals surface area contributed by atoms with Gasteiger partial charge >= 0.3 is 0 Å². The number of nitrogens with zero attached hydrogens (tertiary/aromatic N) is 2. The second-order valence-corrected chi connectivity index (χ2v) is 6.05. The van der Waals surface area contributed by atoms with E-state index in [0.717, 1.165) is 24.6 Å². The van der Waals surface area contributed by atoms with Gasteiger partial charge in [0.05, 0.1) is 0 Å². The molecular formula is C17H31N3. The molecule has 0 radical (unpaired) electrons. The van der Waals surface area contributed by atoms with Crippen LogP contribution in [0.4, 0.5) is 5.82 Å². The van der Waals surface area contributed by atoms with Crippen molar-refractivity contribution in [2.75, 3.05) is 18.5 Å². The summed E-state index contributed by atoms with van der Waals surface area (Å²) in [7, 11) is 2.16. The van der Waals surface area contributed by atoms with Crippen molar-refractivity contribution in [1.29, 1.82) is 0 Å². The normalized spacial score (nSPS) is 11.2. The van der Waals surface area contributed by atoms with Gasteiger partial charge in [-0.25, -0.2) is 4.98 Å². The number of hydrogen-bond donors (Lipinski definition) is 1. The topological polar surface area (TPSA) is 28.2 Å². The Hall–Kier alpha value is -1.09. The molecule has 0 aliphatic heterocycles. The molecule has 0 unspecified atom stereocenters. The summed E-state index contributed by atoms with van der Waals surface area (Å²) in [5.41, 5.74) is 3.78. The molecule has 0 aromatic carbocycles. The van der Waals surface area contributed by atoms with E-state index < -0.39 is 0 Å². The zero-order chi connectivity index (χ0) is 15.1. The van der Waals surface area contributed by atoms with Crippen molar-refractivity contribution in [3.63, 3.8) is 0 Å². The molecule has 0 spiro atoms. The fourth-order valence-corrected chi connectivity index (χ4v) is 2.39. The maximum atomic E-state index is 4.78. The lowest BCUT2D eigenvalue weighted by atomic mass is 10.1. The van der Waals surface area contributed by atoms with Crippen molar-refractivity contribution in [1.82, 2.24) is 10.3 Å². The minimum atomic E-state index is 0.494. The first kappa shape index (κ1) is 17.0. The van der Waals surface area contributed by atoms with Crippen LogP contribution in [0.15, 0.2) is 6.07 Å². The maximum Gasteiger partial charge on any atom is 0.133 e. The van der Waals surface area contributed by atoms with E-state index in [1.54, 1.807) is 0 Å². The maximum absolute atomic E-state index is 4.78. The third-order valence-electron chi connectivity index (χ3n) is 3.60. The quantitative estimate of drug-likeness (QED) is 0.732. The number of anilines is 1. The molecule has 0 atom stereocenters. The molecule has 3 nitrogen and oxygen atoms in total. The fourth-order valence-electron chi connectivity index (χ4n) is 2.39. The van der Waals surface area contributed by atoms with Crippen LogP contribution in [0.25, 0.3) is 0 Å². The molecule has 1 N–H and O–H groups in total. The van der Waals surface area contributed by atoms with E-state index in [1.165, 1.54) is 30.4 Å². The second-order valence-electron chi connectivity index (χ2n) is 6.05. The lowest BCUT2D eigenvalue weighted by Crippen LogP contribution is -2.27. The van der Waals surface area contributed by atoms with E-state index in [1.807, 2.05) is 0 Å². The van der Waals surface area contributed by atoms with Crippen LogP contribution in [-0.2, 0) is 6.54 Å². The first-order chi connectivity index (χ1) is 9.45. The highest BCUT2D eigenvalue weighted by Crippen LogP contribution is 2.22. The number of hydrogen-bond acceptors (Lipinski definition) is 3. The highest BCUT2D eigenvalue weighted by Gasteiger charge is 2.13. The predicted octanol–water partition coefficient (Wildman–Crippen LogP) is 3.82. The van der Waals surface area contributed by atoms with Gasteiger partial charge in [0.15, 0.2) is 0 Å². The standard InChI is InChI=1S/C17H31N3/c1-7-8-9-10-20(6)17-16(12-18-13(2)3)14(4)11-15(5)19-17/h11,13,18H,7-10,12H2,1-6H3. The Morgan fingerprint density at radius 3 is 2.55 bits per heavy atom. The molecule has 1 rings (SSSR count). The van der Waals surface area contributed by atoms with Crippen LogP contribution in [-0.4, -0.2) is 24.6 Å². The first-order valence-electron chi connectivity index (χ1n) is 7.87. The summed E-state index contributed by atoms with van der Waals surface area (Å²) in [6.45, 7) is 12.9. The van der Waals surface area contributed by atoms with Crippen LogP contribution in [0, 0.1) is 13.8 Å². The number of pyridine rings is 1. The molecule has 1 aromatic heterocycles. The van der Waals surface area contributed by atoms with E-state index >= 15 is 0 Å². The van der Waals surface area contributed by atoms with Crippen LogP contribution in [0.5, 0.6) is 0 Å². The number of unbranched alkanes of at least 4 members (excludes halogenated alkanes) is 2. The molecule has 3 heteroatoms. The van der Waals surface area contributed by atoms with Crippen LogP contribution >= 0.6 is 0 Å². The summed E-state index contributed by atoms with van der Waals surface area (Å²) >= 11 is 0. The lowest BCUT2D eigenvalue weighted by Gasteiger charge is -2.24. The van der Waals surface area contributed by atoms with Crippen LogP contribution < -0.4 is 10.2 Å². The van der Waals surface area contributed by atoms with Gasteiger partial charge in [0.2, 0.25) is 0 Å². The molecule has 1 aromatic rings. The van der Waals surface area contributed by atoms with Crippen LogP contribution in [0.3, 0.4) is 0 Å². The Bertz CT molecular complexity index is 413. The molecule has 0 fully saturated rings. The van der Waals surface area contributed by atoms with Gasteiger partial charge in [-0.1, -0.05) is 33.6 Å². The van der Waals surface area contributed by atoms with E-state index in [2.05, 4.69) is 57.9 Å². The Labute approximate surface area is 124 Å². The average molecular weight is 277 g/mol. The Morgan fingerprint density at radius 2 is 1.95 bits per heavy atom. The van der Waals surface area contributed by atoms with Crippen molar-refractivity contribution < 1.29 is 0 Å².